The van der Waals surface area contributed by atoms with E-state index in [1.54, 1.807) is 6.07 Å². The van der Waals surface area contributed by atoms with Crippen molar-refractivity contribution in [2.24, 2.45) is 0 Å². The number of nitrogens with one attached hydrogen (secondary N) is 2. The number of hydrogen-bond acceptors (Lipinski definition) is 4. The number of halogens is 2. The maximum Gasteiger partial charge on any atom is 0.160 e. The fraction of sp³-hybridized carbons (Fsp3) is 0.333. The number of benzene rings is 1. The highest BCUT2D eigenvalue weighted by atomic mass is 19.2. The van der Waals surface area contributed by atoms with Gasteiger partial charge in [-0.2, -0.15) is 0 Å². The summed E-state index contributed by atoms with van der Waals surface area (Å²) in [5.74, 6) is 0.764. The molecule has 1 heterocycles. The van der Waals surface area contributed by atoms with Crippen LogP contribution in [-0.4, -0.2) is 16.5 Å². The highest BCUT2D eigenvalue weighted by Crippen LogP contribution is 2.39. The zero-order valence-corrected chi connectivity index (χ0v) is 11.7. The van der Waals surface area contributed by atoms with Crippen LogP contribution in [0.4, 0.5) is 26.1 Å². The largest absolute Gasteiger partial charge is 0.370 e. The van der Waals surface area contributed by atoms with Gasteiger partial charge in [-0.3, -0.25) is 0 Å². The number of rotatable bonds is 5. The van der Waals surface area contributed by atoms with Gasteiger partial charge in [-0.25, -0.2) is 18.7 Å². The standard InChI is InChI=1S/C15H16F2N4/c1-2-18-13-8-14(21-15(20-13)9-3-4-9)19-10-5-6-11(16)12(17)7-10/h5-9H,2-4H2,1H3,(H2,18,19,20,21). The van der Waals surface area contributed by atoms with Crippen LogP contribution in [-0.2, 0) is 0 Å². The molecule has 1 aromatic carbocycles. The minimum Gasteiger partial charge on any atom is -0.370 e. The molecule has 1 fully saturated rings. The fourth-order valence-electron chi connectivity index (χ4n) is 2.05. The third kappa shape index (κ3) is 3.26. The predicted molar refractivity (Wildman–Crippen MR) is 77.8 cm³/mol. The van der Waals surface area contributed by atoms with E-state index in [-0.39, 0.29) is 0 Å². The summed E-state index contributed by atoms with van der Waals surface area (Å²) in [6.07, 6.45) is 2.19. The van der Waals surface area contributed by atoms with E-state index in [0.717, 1.165) is 43.2 Å². The average molecular weight is 290 g/mol. The Bertz CT molecular complexity index is 656. The van der Waals surface area contributed by atoms with E-state index in [4.69, 9.17) is 0 Å². The van der Waals surface area contributed by atoms with Crippen molar-refractivity contribution in [3.8, 4) is 0 Å². The van der Waals surface area contributed by atoms with E-state index in [9.17, 15) is 8.78 Å². The molecule has 1 aromatic heterocycles. The van der Waals surface area contributed by atoms with E-state index < -0.39 is 11.6 Å². The number of aromatic nitrogens is 2. The molecular formula is C15H16F2N4. The van der Waals surface area contributed by atoms with Gasteiger partial charge < -0.3 is 10.6 Å². The van der Waals surface area contributed by atoms with Crippen LogP contribution in [0.3, 0.4) is 0 Å². The summed E-state index contributed by atoms with van der Waals surface area (Å²) >= 11 is 0. The first-order valence-corrected chi connectivity index (χ1v) is 7.00. The Labute approximate surface area is 121 Å². The van der Waals surface area contributed by atoms with Crippen molar-refractivity contribution in [1.82, 2.24) is 9.97 Å². The fourth-order valence-corrected chi connectivity index (χ4v) is 2.05. The zero-order valence-electron chi connectivity index (χ0n) is 11.7. The van der Waals surface area contributed by atoms with Crippen LogP contribution in [0.5, 0.6) is 0 Å². The Hall–Kier alpha value is -2.24. The first kappa shape index (κ1) is 13.7. The molecule has 6 heteroatoms. The molecule has 21 heavy (non-hydrogen) atoms. The molecule has 0 unspecified atom stereocenters. The van der Waals surface area contributed by atoms with Gasteiger partial charge in [-0.05, 0) is 31.9 Å². The van der Waals surface area contributed by atoms with Crippen LogP contribution in [0.15, 0.2) is 24.3 Å². The van der Waals surface area contributed by atoms with E-state index in [1.807, 2.05) is 6.92 Å². The second-order valence-corrected chi connectivity index (χ2v) is 5.06. The van der Waals surface area contributed by atoms with Crippen LogP contribution in [0.1, 0.15) is 31.5 Å². The van der Waals surface area contributed by atoms with Gasteiger partial charge in [-0.1, -0.05) is 0 Å². The van der Waals surface area contributed by atoms with Crippen molar-refractivity contribution in [3.05, 3.63) is 41.7 Å². The highest BCUT2D eigenvalue weighted by Gasteiger charge is 2.27. The lowest BCUT2D eigenvalue weighted by molar-refractivity contribution is 0.509. The molecule has 2 N–H and O–H groups in total. The lowest BCUT2D eigenvalue weighted by Crippen LogP contribution is -2.05. The maximum atomic E-state index is 13.2. The van der Waals surface area contributed by atoms with Crippen molar-refractivity contribution in [3.63, 3.8) is 0 Å². The molecule has 110 valence electrons. The number of hydrogen-bond donors (Lipinski definition) is 2. The van der Waals surface area contributed by atoms with E-state index in [2.05, 4.69) is 20.6 Å². The summed E-state index contributed by atoms with van der Waals surface area (Å²) in [6, 6.07) is 5.44. The van der Waals surface area contributed by atoms with Gasteiger partial charge in [0.25, 0.3) is 0 Å². The minimum absolute atomic E-state index is 0.411. The molecule has 0 radical (unpaired) electrons. The molecule has 1 aliphatic rings. The molecule has 1 aliphatic carbocycles. The molecule has 4 nitrogen and oxygen atoms in total. The molecule has 0 spiro atoms. The second-order valence-electron chi connectivity index (χ2n) is 5.06. The Morgan fingerprint density at radius 1 is 1.10 bits per heavy atom. The first-order valence-electron chi connectivity index (χ1n) is 7.00. The van der Waals surface area contributed by atoms with Crippen LogP contribution in [0.2, 0.25) is 0 Å². The maximum absolute atomic E-state index is 13.2. The zero-order chi connectivity index (χ0) is 14.8. The molecule has 2 aromatic rings. The molecule has 3 rings (SSSR count). The van der Waals surface area contributed by atoms with E-state index in [1.165, 1.54) is 6.07 Å². The predicted octanol–water partition coefficient (Wildman–Crippen LogP) is 3.81. The summed E-state index contributed by atoms with van der Waals surface area (Å²) in [4.78, 5) is 8.91. The van der Waals surface area contributed by atoms with Gasteiger partial charge in [0.15, 0.2) is 11.6 Å². The molecule has 0 saturated heterocycles. The van der Waals surface area contributed by atoms with Crippen LogP contribution >= 0.6 is 0 Å². The lowest BCUT2D eigenvalue weighted by atomic mass is 10.3. The Morgan fingerprint density at radius 3 is 2.52 bits per heavy atom. The molecular weight excluding hydrogens is 274 g/mol. The van der Waals surface area contributed by atoms with Gasteiger partial charge in [0, 0.05) is 30.3 Å². The summed E-state index contributed by atoms with van der Waals surface area (Å²) in [5, 5.41) is 6.15. The van der Waals surface area contributed by atoms with Gasteiger partial charge in [0.1, 0.15) is 17.5 Å². The molecule has 0 amide bonds. The smallest absolute Gasteiger partial charge is 0.160 e. The van der Waals surface area contributed by atoms with E-state index in [0.29, 0.717) is 17.4 Å². The third-order valence-corrected chi connectivity index (χ3v) is 3.24. The van der Waals surface area contributed by atoms with Gasteiger partial charge in [-0.15, -0.1) is 0 Å². The topological polar surface area (TPSA) is 49.8 Å². The van der Waals surface area contributed by atoms with Gasteiger partial charge in [0.05, 0.1) is 0 Å². The van der Waals surface area contributed by atoms with Gasteiger partial charge in [0.2, 0.25) is 0 Å². The highest BCUT2D eigenvalue weighted by molar-refractivity contribution is 5.59. The summed E-state index contributed by atoms with van der Waals surface area (Å²) < 4.78 is 26.2. The average Bonchev–Trinajstić information content (AvgIpc) is 3.28. The summed E-state index contributed by atoms with van der Waals surface area (Å²) in [7, 11) is 0. The Morgan fingerprint density at radius 2 is 1.86 bits per heavy atom. The van der Waals surface area contributed by atoms with Crippen molar-refractivity contribution in [2.75, 3.05) is 17.2 Å². The van der Waals surface area contributed by atoms with E-state index >= 15 is 0 Å². The quantitative estimate of drug-likeness (QED) is 0.879. The van der Waals surface area contributed by atoms with Crippen molar-refractivity contribution in [1.29, 1.82) is 0 Å². The third-order valence-electron chi connectivity index (χ3n) is 3.24. The molecule has 1 saturated carbocycles. The van der Waals surface area contributed by atoms with Crippen molar-refractivity contribution >= 4 is 17.3 Å². The van der Waals surface area contributed by atoms with Crippen LogP contribution < -0.4 is 10.6 Å². The summed E-state index contributed by atoms with van der Waals surface area (Å²) in [5.41, 5.74) is 0.455. The number of anilines is 3. The van der Waals surface area contributed by atoms with Crippen LogP contribution in [0, 0.1) is 11.6 Å². The monoisotopic (exact) mass is 290 g/mol. The molecule has 0 atom stereocenters. The normalized spacial score (nSPS) is 14.0. The van der Waals surface area contributed by atoms with Crippen LogP contribution in [0.25, 0.3) is 0 Å². The molecule has 0 bridgehead atoms. The minimum atomic E-state index is -0.886. The summed E-state index contributed by atoms with van der Waals surface area (Å²) in [6.45, 7) is 2.74. The molecule has 0 aliphatic heterocycles. The Kier molecular flexibility index (Phi) is 3.68. The van der Waals surface area contributed by atoms with Crippen molar-refractivity contribution < 1.29 is 8.78 Å². The van der Waals surface area contributed by atoms with Gasteiger partial charge >= 0.3 is 0 Å². The Balaban J connectivity index is 1.87. The second kappa shape index (κ2) is 5.63. The van der Waals surface area contributed by atoms with Crippen molar-refractivity contribution in [2.45, 2.75) is 25.7 Å². The lowest BCUT2D eigenvalue weighted by Gasteiger charge is -2.10. The number of nitrogens with zero attached hydrogens (tertiary/aromatic N) is 2. The SMILES string of the molecule is CCNc1cc(Nc2ccc(F)c(F)c2)nc(C2CC2)n1. The first-order chi connectivity index (χ1) is 10.2.